The lowest BCUT2D eigenvalue weighted by molar-refractivity contribution is -0.115. The number of carbonyl (C=O) groups excluding carboxylic acids is 1. The summed E-state index contributed by atoms with van der Waals surface area (Å²) in [4.78, 5) is 11.5. The second-order valence-electron chi connectivity index (χ2n) is 3.82. The second-order valence-corrected chi connectivity index (χ2v) is 4.83. The monoisotopic (exact) mass is 294 g/mol. The lowest BCUT2D eigenvalue weighted by Gasteiger charge is -2.03. The van der Waals surface area contributed by atoms with Gasteiger partial charge in [-0.05, 0) is 0 Å². The molecule has 6 nitrogen and oxygen atoms in total. The van der Waals surface area contributed by atoms with Gasteiger partial charge in [-0.1, -0.05) is 25.2 Å². The van der Waals surface area contributed by atoms with E-state index in [1.54, 1.807) is 7.11 Å². The molecule has 0 radical (unpaired) electrons. The smallest absolute Gasteiger partial charge is 0.240 e. The summed E-state index contributed by atoms with van der Waals surface area (Å²) < 4.78 is 4.86. The van der Waals surface area contributed by atoms with Crippen LogP contribution in [0, 0.1) is 0 Å². The number of halogens is 1. The molecule has 0 saturated heterocycles. The number of anilines is 1. The summed E-state index contributed by atoms with van der Waals surface area (Å²) in [6.45, 7) is 5.57. The van der Waals surface area contributed by atoms with E-state index in [2.05, 4.69) is 20.8 Å². The number of carbonyl (C=O) groups is 1. The van der Waals surface area contributed by atoms with E-state index >= 15 is 0 Å². The predicted molar refractivity (Wildman–Crippen MR) is 74.6 cm³/mol. The maximum atomic E-state index is 11.5. The minimum absolute atomic E-state index is 0. The Hall–Kier alpha value is -0.760. The zero-order valence-corrected chi connectivity index (χ0v) is 12.4. The van der Waals surface area contributed by atoms with Gasteiger partial charge in [-0.2, -0.15) is 0 Å². The van der Waals surface area contributed by atoms with Crippen molar-refractivity contribution in [2.24, 2.45) is 0 Å². The van der Waals surface area contributed by atoms with Crippen LogP contribution in [0.1, 0.15) is 24.8 Å². The fourth-order valence-corrected chi connectivity index (χ4v) is 1.82. The molecule has 1 heterocycles. The molecule has 0 atom stereocenters. The Kier molecular flexibility index (Phi) is 8.82. The summed E-state index contributed by atoms with van der Waals surface area (Å²) in [7, 11) is 1.62. The molecule has 0 aliphatic carbocycles. The first-order valence-corrected chi connectivity index (χ1v) is 6.28. The number of rotatable bonds is 7. The van der Waals surface area contributed by atoms with Gasteiger partial charge < -0.3 is 10.1 Å². The van der Waals surface area contributed by atoms with Crippen LogP contribution in [0.4, 0.5) is 5.13 Å². The minimum atomic E-state index is -0.118. The number of amides is 1. The van der Waals surface area contributed by atoms with E-state index in [9.17, 15) is 4.79 Å². The highest BCUT2D eigenvalue weighted by molar-refractivity contribution is 7.15. The van der Waals surface area contributed by atoms with Crippen molar-refractivity contribution >= 4 is 34.8 Å². The van der Waals surface area contributed by atoms with Crippen LogP contribution in [0.25, 0.3) is 0 Å². The van der Waals surface area contributed by atoms with Crippen LogP contribution in [-0.2, 0) is 9.53 Å². The van der Waals surface area contributed by atoms with Gasteiger partial charge in [0, 0.05) is 19.6 Å². The normalized spacial score (nSPS) is 10.2. The van der Waals surface area contributed by atoms with E-state index in [4.69, 9.17) is 4.74 Å². The molecule has 0 aliphatic rings. The highest BCUT2D eigenvalue weighted by atomic mass is 35.5. The van der Waals surface area contributed by atoms with Crippen LogP contribution in [0.3, 0.4) is 0 Å². The third-order valence-corrected chi connectivity index (χ3v) is 3.09. The van der Waals surface area contributed by atoms with Gasteiger partial charge in [-0.15, -0.1) is 22.6 Å². The summed E-state index contributed by atoms with van der Waals surface area (Å²) in [6.07, 6.45) is 0. The first-order valence-electron chi connectivity index (χ1n) is 5.46. The summed E-state index contributed by atoms with van der Waals surface area (Å²) in [5.74, 6) is 0.213. The van der Waals surface area contributed by atoms with Gasteiger partial charge in [0.15, 0.2) is 0 Å². The van der Waals surface area contributed by atoms with E-state index in [0.717, 1.165) is 5.01 Å². The molecule has 1 aromatic rings. The molecule has 104 valence electrons. The van der Waals surface area contributed by atoms with E-state index in [1.807, 2.05) is 13.8 Å². The Morgan fingerprint density at radius 2 is 2.17 bits per heavy atom. The maximum absolute atomic E-state index is 11.5. The summed E-state index contributed by atoms with van der Waals surface area (Å²) in [6, 6.07) is 0. The number of aromatic nitrogens is 2. The molecule has 0 saturated carbocycles. The van der Waals surface area contributed by atoms with Gasteiger partial charge in [-0.3, -0.25) is 10.1 Å². The lowest BCUT2D eigenvalue weighted by Crippen LogP contribution is -2.30. The molecule has 0 spiro atoms. The van der Waals surface area contributed by atoms with Gasteiger partial charge in [-0.25, -0.2) is 0 Å². The molecule has 0 aliphatic heterocycles. The fraction of sp³-hybridized carbons (Fsp3) is 0.700. The second kappa shape index (κ2) is 9.21. The molecule has 2 N–H and O–H groups in total. The van der Waals surface area contributed by atoms with Crippen LogP contribution >= 0.6 is 23.7 Å². The Bertz CT molecular complexity index is 359. The molecular formula is C10H19ClN4O2S. The number of hydrogen-bond donors (Lipinski definition) is 2. The Balaban J connectivity index is 0.00000289. The van der Waals surface area contributed by atoms with Gasteiger partial charge >= 0.3 is 0 Å². The largest absolute Gasteiger partial charge is 0.383 e. The summed E-state index contributed by atoms with van der Waals surface area (Å²) >= 11 is 1.41. The Labute approximate surface area is 117 Å². The van der Waals surface area contributed by atoms with E-state index in [0.29, 0.717) is 24.2 Å². The third kappa shape index (κ3) is 6.25. The highest BCUT2D eigenvalue weighted by Gasteiger charge is 2.09. The fourth-order valence-electron chi connectivity index (χ4n) is 1.06. The van der Waals surface area contributed by atoms with E-state index in [1.165, 1.54) is 11.3 Å². The van der Waals surface area contributed by atoms with Gasteiger partial charge in [0.1, 0.15) is 5.01 Å². The zero-order valence-electron chi connectivity index (χ0n) is 10.7. The standard InChI is InChI=1S/C10H18N4O2S.ClH/c1-7(2)9-13-14-10(17-9)12-8(15)6-11-4-5-16-3;/h7,11H,4-6H2,1-3H3,(H,12,14,15);1H. The number of methoxy groups -OCH3 is 1. The molecule has 1 aromatic heterocycles. The van der Waals surface area contributed by atoms with Crippen molar-refractivity contribution in [3.05, 3.63) is 5.01 Å². The molecule has 1 amide bonds. The third-order valence-electron chi connectivity index (χ3n) is 1.95. The van der Waals surface area contributed by atoms with E-state index in [-0.39, 0.29) is 24.9 Å². The first-order chi connectivity index (χ1) is 8.13. The van der Waals surface area contributed by atoms with Crippen LogP contribution < -0.4 is 10.6 Å². The molecule has 18 heavy (non-hydrogen) atoms. The molecule has 1 rings (SSSR count). The maximum Gasteiger partial charge on any atom is 0.240 e. The van der Waals surface area contributed by atoms with Crippen LogP contribution in [-0.4, -0.2) is 42.9 Å². The summed E-state index contributed by atoms with van der Waals surface area (Å²) in [5.41, 5.74) is 0. The van der Waals surface area contributed by atoms with Crippen molar-refractivity contribution in [2.45, 2.75) is 19.8 Å². The Morgan fingerprint density at radius 1 is 1.44 bits per heavy atom. The molecule has 0 bridgehead atoms. The van der Waals surface area contributed by atoms with Crippen molar-refractivity contribution in [1.29, 1.82) is 0 Å². The van der Waals surface area contributed by atoms with Gasteiger partial charge in [0.25, 0.3) is 0 Å². The molecule has 0 unspecified atom stereocenters. The van der Waals surface area contributed by atoms with Crippen LogP contribution in [0.2, 0.25) is 0 Å². The Morgan fingerprint density at radius 3 is 2.72 bits per heavy atom. The topological polar surface area (TPSA) is 76.1 Å². The van der Waals surface area contributed by atoms with Crippen LogP contribution in [0.15, 0.2) is 0 Å². The first kappa shape index (κ1) is 17.2. The van der Waals surface area contributed by atoms with Crippen molar-refractivity contribution in [2.75, 3.05) is 32.1 Å². The average Bonchev–Trinajstić information content (AvgIpc) is 2.73. The zero-order chi connectivity index (χ0) is 12.7. The van der Waals surface area contributed by atoms with Crippen molar-refractivity contribution in [3.8, 4) is 0 Å². The average molecular weight is 295 g/mol. The van der Waals surface area contributed by atoms with Crippen molar-refractivity contribution in [3.63, 3.8) is 0 Å². The number of nitrogens with one attached hydrogen (secondary N) is 2. The number of ether oxygens (including phenoxy) is 1. The number of nitrogens with zero attached hydrogens (tertiary/aromatic N) is 2. The predicted octanol–water partition coefficient (Wildman–Crippen LogP) is 1.26. The molecule has 0 fully saturated rings. The number of hydrogen-bond acceptors (Lipinski definition) is 6. The molecule has 0 aromatic carbocycles. The summed E-state index contributed by atoms with van der Waals surface area (Å²) in [5, 5.41) is 15.0. The SMILES string of the molecule is COCCNCC(=O)Nc1nnc(C(C)C)s1.Cl. The quantitative estimate of drug-likeness (QED) is 0.741. The van der Waals surface area contributed by atoms with Gasteiger partial charge in [0.2, 0.25) is 11.0 Å². The lowest BCUT2D eigenvalue weighted by atomic mass is 10.2. The molecule has 8 heteroatoms. The minimum Gasteiger partial charge on any atom is -0.383 e. The van der Waals surface area contributed by atoms with Crippen molar-refractivity contribution < 1.29 is 9.53 Å². The van der Waals surface area contributed by atoms with Crippen molar-refractivity contribution in [1.82, 2.24) is 15.5 Å². The van der Waals surface area contributed by atoms with Gasteiger partial charge in [0.05, 0.1) is 13.2 Å². The van der Waals surface area contributed by atoms with Crippen LogP contribution in [0.5, 0.6) is 0 Å². The molecular weight excluding hydrogens is 276 g/mol. The highest BCUT2D eigenvalue weighted by Crippen LogP contribution is 2.21. The van der Waals surface area contributed by atoms with E-state index < -0.39 is 0 Å².